The zero-order valence-corrected chi connectivity index (χ0v) is 14.7. The van der Waals surface area contributed by atoms with E-state index in [1.165, 1.54) is 24.3 Å². The molecule has 0 saturated carbocycles. The predicted molar refractivity (Wildman–Crippen MR) is 87.8 cm³/mol. The van der Waals surface area contributed by atoms with Crippen LogP contribution in [0.25, 0.3) is 0 Å². The van der Waals surface area contributed by atoms with Crippen LogP contribution in [0.5, 0.6) is 0 Å². The minimum atomic E-state index is -3.81. The topological polar surface area (TPSA) is 102 Å². The van der Waals surface area contributed by atoms with Crippen molar-refractivity contribution in [1.29, 1.82) is 0 Å². The van der Waals surface area contributed by atoms with Crippen molar-refractivity contribution in [2.24, 2.45) is 0 Å². The molecule has 2 rings (SSSR count). The highest BCUT2D eigenvalue weighted by molar-refractivity contribution is 7.90. The second kappa shape index (κ2) is 8.70. The minimum absolute atomic E-state index is 0.0643. The standard InChI is InChI=1S/C16H20FN3O4S/c1-2-3-4-14(21)18-10-9-15-19-20-16(24-15)25(22,23)11-12-5-7-13(17)8-6-12/h5-8H,2-4,9-11H2,1H3,(H,18,21). The zero-order chi connectivity index (χ0) is 18.3. The monoisotopic (exact) mass is 369 g/mol. The summed E-state index contributed by atoms with van der Waals surface area (Å²) in [6, 6.07) is 5.14. The van der Waals surface area contributed by atoms with E-state index >= 15 is 0 Å². The largest absolute Gasteiger partial charge is 0.412 e. The van der Waals surface area contributed by atoms with Crippen molar-refractivity contribution in [3.63, 3.8) is 0 Å². The molecule has 1 heterocycles. The van der Waals surface area contributed by atoms with E-state index in [0.29, 0.717) is 18.5 Å². The first-order chi connectivity index (χ1) is 11.9. The molecule has 0 atom stereocenters. The van der Waals surface area contributed by atoms with Crippen LogP contribution in [-0.2, 0) is 26.8 Å². The molecule has 0 fully saturated rings. The number of nitrogens with one attached hydrogen (secondary N) is 1. The Morgan fingerprint density at radius 3 is 2.64 bits per heavy atom. The highest BCUT2D eigenvalue weighted by Crippen LogP contribution is 2.16. The number of unbranched alkanes of at least 4 members (excludes halogenated alkanes) is 1. The number of nitrogens with zero attached hydrogens (tertiary/aromatic N) is 2. The Morgan fingerprint density at radius 1 is 1.24 bits per heavy atom. The Morgan fingerprint density at radius 2 is 1.96 bits per heavy atom. The lowest BCUT2D eigenvalue weighted by Gasteiger charge is -2.02. The van der Waals surface area contributed by atoms with Crippen molar-refractivity contribution >= 4 is 15.7 Å². The van der Waals surface area contributed by atoms with Gasteiger partial charge in [-0.05, 0) is 24.1 Å². The van der Waals surface area contributed by atoms with Gasteiger partial charge in [-0.1, -0.05) is 30.6 Å². The molecule has 2 aromatic rings. The third kappa shape index (κ3) is 5.93. The van der Waals surface area contributed by atoms with Crippen LogP contribution in [0.3, 0.4) is 0 Å². The van der Waals surface area contributed by atoms with E-state index in [4.69, 9.17) is 4.42 Å². The summed E-state index contributed by atoms with van der Waals surface area (Å²) in [6.07, 6.45) is 2.46. The molecule has 0 aliphatic heterocycles. The van der Waals surface area contributed by atoms with Crippen molar-refractivity contribution in [3.8, 4) is 0 Å². The molecule has 0 aliphatic rings. The number of sulfone groups is 1. The summed E-state index contributed by atoms with van der Waals surface area (Å²) in [6.45, 7) is 2.29. The van der Waals surface area contributed by atoms with Crippen LogP contribution in [0.4, 0.5) is 4.39 Å². The number of carbonyl (C=O) groups excluding carboxylic acids is 1. The number of hydrogen-bond donors (Lipinski definition) is 1. The van der Waals surface area contributed by atoms with E-state index in [1.807, 2.05) is 6.92 Å². The highest BCUT2D eigenvalue weighted by Gasteiger charge is 2.23. The van der Waals surface area contributed by atoms with Crippen LogP contribution in [-0.4, -0.2) is 31.1 Å². The SMILES string of the molecule is CCCCC(=O)NCCc1nnc(S(=O)(=O)Cc2ccc(F)cc2)o1. The number of benzene rings is 1. The van der Waals surface area contributed by atoms with Crippen LogP contribution in [0, 0.1) is 5.82 Å². The molecule has 0 spiro atoms. The Bertz CT molecular complexity index is 803. The molecule has 1 aromatic heterocycles. The molecule has 0 saturated heterocycles. The Balaban J connectivity index is 1.90. The molecule has 0 radical (unpaired) electrons. The van der Waals surface area contributed by atoms with E-state index in [1.54, 1.807) is 0 Å². The molecular weight excluding hydrogens is 349 g/mol. The van der Waals surface area contributed by atoms with Gasteiger partial charge in [0.2, 0.25) is 21.6 Å². The van der Waals surface area contributed by atoms with Crippen molar-refractivity contribution < 1.29 is 22.0 Å². The minimum Gasteiger partial charge on any atom is -0.412 e. The molecule has 25 heavy (non-hydrogen) atoms. The van der Waals surface area contributed by atoms with E-state index in [0.717, 1.165) is 12.8 Å². The number of aromatic nitrogens is 2. The maximum Gasteiger partial charge on any atom is 0.335 e. The lowest BCUT2D eigenvalue weighted by molar-refractivity contribution is -0.121. The fraction of sp³-hybridized carbons (Fsp3) is 0.438. The molecule has 0 bridgehead atoms. The summed E-state index contributed by atoms with van der Waals surface area (Å²) in [4.78, 5) is 11.5. The smallest absolute Gasteiger partial charge is 0.335 e. The van der Waals surface area contributed by atoms with E-state index in [-0.39, 0.29) is 24.0 Å². The Kier molecular flexibility index (Phi) is 6.63. The summed E-state index contributed by atoms with van der Waals surface area (Å²) in [7, 11) is -3.81. The number of amides is 1. The van der Waals surface area contributed by atoms with Crippen molar-refractivity contribution in [2.75, 3.05) is 6.54 Å². The fourth-order valence-corrected chi connectivity index (χ4v) is 3.20. The third-order valence-corrected chi connectivity index (χ3v) is 4.81. The average molecular weight is 369 g/mol. The Labute approximate surface area is 145 Å². The van der Waals surface area contributed by atoms with Gasteiger partial charge in [0.1, 0.15) is 5.82 Å². The van der Waals surface area contributed by atoms with Crippen LogP contribution in [0.15, 0.2) is 33.9 Å². The van der Waals surface area contributed by atoms with Gasteiger partial charge in [-0.15, -0.1) is 5.10 Å². The van der Waals surface area contributed by atoms with Gasteiger partial charge in [0.15, 0.2) is 0 Å². The van der Waals surface area contributed by atoms with Gasteiger partial charge in [0, 0.05) is 19.4 Å². The van der Waals surface area contributed by atoms with Gasteiger partial charge >= 0.3 is 5.22 Å². The maximum absolute atomic E-state index is 12.9. The second-order valence-electron chi connectivity index (χ2n) is 5.55. The molecule has 9 heteroatoms. The zero-order valence-electron chi connectivity index (χ0n) is 13.9. The molecule has 7 nitrogen and oxygen atoms in total. The quantitative estimate of drug-likeness (QED) is 0.726. The molecule has 136 valence electrons. The van der Waals surface area contributed by atoms with Gasteiger partial charge in [-0.3, -0.25) is 4.79 Å². The summed E-state index contributed by atoms with van der Waals surface area (Å²) < 4.78 is 42.5. The van der Waals surface area contributed by atoms with E-state index in [2.05, 4.69) is 15.5 Å². The van der Waals surface area contributed by atoms with Gasteiger partial charge in [-0.25, -0.2) is 12.8 Å². The van der Waals surface area contributed by atoms with Gasteiger partial charge in [0.25, 0.3) is 0 Å². The van der Waals surface area contributed by atoms with Crippen LogP contribution in [0.1, 0.15) is 37.6 Å². The summed E-state index contributed by atoms with van der Waals surface area (Å²) in [5.74, 6) is -0.732. The first kappa shape index (κ1) is 19.0. The highest BCUT2D eigenvalue weighted by atomic mass is 32.2. The predicted octanol–water partition coefficient (Wildman–Crippen LogP) is 2.03. The first-order valence-corrected chi connectivity index (χ1v) is 9.62. The van der Waals surface area contributed by atoms with Crippen molar-refractivity contribution in [2.45, 2.75) is 43.6 Å². The lowest BCUT2D eigenvalue weighted by Crippen LogP contribution is -2.25. The first-order valence-electron chi connectivity index (χ1n) is 7.97. The molecule has 1 amide bonds. The molecule has 0 aliphatic carbocycles. The van der Waals surface area contributed by atoms with Gasteiger partial charge in [-0.2, -0.15) is 0 Å². The molecule has 0 unspecified atom stereocenters. The Hall–Kier alpha value is -2.29. The molecular formula is C16H20FN3O4S. The molecule has 1 aromatic carbocycles. The third-order valence-electron chi connectivity index (χ3n) is 3.40. The van der Waals surface area contributed by atoms with Crippen molar-refractivity contribution in [3.05, 3.63) is 41.5 Å². The summed E-state index contributed by atoms with van der Waals surface area (Å²) >= 11 is 0. The van der Waals surface area contributed by atoms with Crippen molar-refractivity contribution in [1.82, 2.24) is 15.5 Å². The number of hydrogen-bond acceptors (Lipinski definition) is 6. The normalized spacial score (nSPS) is 11.4. The summed E-state index contributed by atoms with van der Waals surface area (Å²) in [5, 5.41) is 9.47. The van der Waals surface area contributed by atoms with E-state index < -0.39 is 20.9 Å². The van der Waals surface area contributed by atoms with Gasteiger partial charge in [0.05, 0.1) is 5.75 Å². The number of carbonyl (C=O) groups is 1. The number of rotatable bonds is 9. The van der Waals surface area contributed by atoms with Gasteiger partial charge < -0.3 is 9.73 Å². The van der Waals surface area contributed by atoms with Crippen LogP contribution < -0.4 is 5.32 Å². The lowest BCUT2D eigenvalue weighted by atomic mass is 10.2. The van der Waals surface area contributed by atoms with Crippen LogP contribution in [0.2, 0.25) is 0 Å². The fourth-order valence-electron chi connectivity index (χ4n) is 2.06. The maximum atomic E-state index is 12.9. The van der Waals surface area contributed by atoms with E-state index in [9.17, 15) is 17.6 Å². The average Bonchev–Trinajstić information content (AvgIpc) is 3.05. The second-order valence-corrected chi connectivity index (χ2v) is 7.42. The van der Waals surface area contributed by atoms with Crippen LogP contribution >= 0.6 is 0 Å². The number of halogens is 1. The summed E-state index contributed by atoms with van der Waals surface area (Å²) in [5.41, 5.74) is 0.421. The molecule has 1 N–H and O–H groups in total.